The number of ether oxygens (including phenoxy) is 1. The third kappa shape index (κ3) is 5.20. The molecule has 1 fully saturated rings. The van der Waals surface area contributed by atoms with Crippen molar-refractivity contribution >= 4 is 35.8 Å². The summed E-state index contributed by atoms with van der Waals surface area (Å²) in [6, 6.07) is 16.2. The Morgan fingerprint density at radius 2 is 1.93 bits per heavy atom. The van der Waals surface area contributed by atoms with Gasteiger partial charge in [0.15, 0.2) is 5.96 Å². The number of hydrogen-bond donors (Lipinski definition) is 2. The van der Waals surface area contributed by atoms with Gasteiger partial charge in [-0.2, -0.15) is 0 Å². The maximum Gasteiger partial charge on any atom is 0.222 e. The van der Waals surface area contributed by atoms with Crippen LogP contribution in [0, 0.1) is 0 Å². The van der Waals surface area contributed by atoms with Gasteiger partial charge in [-0.15, -0.1) is 24.0 Å². The summed E-state index contributed by atoms with van der Waals surface area (Å²) >= 11 is 0. The number of aliphatic imine (C=N–C) groups is 1. The Balaban J connectivity index is 0.00000240. The summed E-state index contributed by atoms with van der Waals surface area (Å²) in [7, 11) is 0. The van der Waals surface area contributed by atoms with Crippen LogP contribution in [0.4, 0.5) is 0 Å². The van der Waals surface area contributed by atoms with Crippen LogP contribution in [0.2, 0.25) is 0 Å². The highest BCUT2D eigenvalue weighted by Crippen LogP contribution is 2.31. The molecule has 29 heavy (non-hydrogen) atoms. The molecule has 3 N–H and O–H groups in total. The molecule has 0 saturated carbocycles. The number of fused-ring (bicyclic) bond motifs is 1. The minimum atomic E-state index is 0. The Kier molecular flexibility index (Phi) is 7.35. The van der Waals surface area contributed by atoms with Crippen molar-refractivity contribution in [2.75, 3.05) is 13.2 Å². The predicted octanol–water partition coefficient (Wildman–Crippen LogP) is 3.36. The lowest BCUT2D eigenvalue weighted by Gasteiger charge is -2.27. The Morgan fingerprint density at radius 1 is 1.17 bits per heavy atom. The summed E-state index contributed by atoms with van der Waals surface area (Å²) in [5.74, 6) is 1.56. The van der Waals surface area contributed by atoms with Crippen LogP contribution in [0.15, 0.2) is 53.5 Å². The SMILES string of the molecule is I.NC(=NCc1ccccc1CN1CCCC1=O)NC1CCOc2ccccc21. The van der Waals surface area contributed by atoms with E-state index in [1.165, 1.54) is 0 Å². The molecule has 0 aromatic heterocycles. The number of benzene rings is 2. The van der Waals surface area contributed by atoms with E-state index in [0.29, 0.717) is 32.1 Å². The second-order valence-electron chi connectivity index (χ2n) is 7.26. The number of nitrogens with zero attached hydrogens (tertiary/aromatic N) is 2. The van der Waals surface area contributed by atoms with Crippen LogP contribution in [-0.4, -0.2) is 29.9 Å². The molecule has 7 heteroatoms. The van der Waals surface area contributed by atoms with Crippen LogP contribution in [0.25, 0.3) is 0 Å². The van der Waals surface area contributed by atoms with Gasteiger partial charge in [0.25, 0.3) is 0 Å². The van der Waals surface area contributed by atoms with Gasteiger partial charge in [0, 0.05) is 31.5 Å². The second-order valence-corrected chi connectivity index (χ2v) is 7.26. The summed E-state index contributed by atoms with van der Waals surface area (Å²) in [6.45, 7) is 2.63. The molecule has 1 atom stereocenters. The highest BCUT2D eigenvalue weighted by Gasteiger charge is 2.22. The van der Waals surface area contributed by atoms with Gasteiger partial charge in [0.1, 0.15) is 5.75 Å². The smallest absolute Gasteiger partial charge is 0.222 e. The Morgan fingerprint density at radius 3 is 2.72 bits per heavy atom. The first kappa shape index (κ1) is 21.4. The molecule has 2 heterocycles. The summed E-state index contributed by atoms with van der Waals surface area (Å²) in [6.07, 6.45) is 2.45. The normalized spacial score (nSPS) is 18.6. The number of guanidine groups is 1. The van der Waals surface area contributed by atoms with Crippen LogP contribution >= 0.6 is 24.0 Å². The Hall–Kier alpha value is -2.29. The number of hydrogen-bond acceptors (Lipinski definition) is 3. The van der Waals surface area contributed by atoms with Crippen LogP contribution < -0.4 is 15.8 Å². The first-order chi connectivity index (χ1) is 13.7. The van der Waals surface area contributed by atoms with Crippen LogP contribution in [-0.2, 0) is 17.9 Å². The topological polar surface area (TPSA) is 80.0 Å². The highest BCUT2D eigenvalue weighted by atomic mass is 127. The van der Waals surface area contributed by atoms with Gasteiger partial charge in [0.2, 0.25) is 5.91 Å². The number of rotatable bonds is 5. The first-order valence-electron chi connectivity index (χ1n) is 9.83. The van der Waals surface area contributed by atoms with Gasteiger partial charge in [-0.25, -0.2) is 4.99 Å². The zero-order chi connectivity index (χ0) is 19.3. The van der Waals surface area contributed by atoms with E-state index in [1.807, 2.05) is 35.2 Å². The zero-order valence-corrected chi connectivity index (χ0v) is 18.7. The number of nitrogens with one attached hydrogen (secondary N) is 1. The molecule has 2 aromatic carbocycles. The molecule has 1 saturated heterocycles. The molecule has 0 aliphatic carbocycles. The fourth-order valence-corrected chi connectivity index (χ4v) is 3.83. The van der Waals surface area contributed by atoms with Crippen molar-refractivity contribution in [1.82, 2.24) is 10.2 Å². The third-order valence-electron chi connectivity index (χ3n) is 5.35. The molecule has 0 spiro atoms. The number of halogens is 1. The number of likely N-dealkylation sites (tertiary alicyclic amines) is 1. The largest absolute Gasteiger partial charge is 0.493 e. The fraction of sp³-hybridized carbons (Fsp3) is 0.364. The lowest BCUT2D eigenvalue weighted by atomic mass is 10.0. The van der Waals surface area contributed by atoms with Gasteiger partial charge >= 0.3 is 0 Å². The van der Waals surface area contributed by atoms with E-state index in [1.54, 1.807) is 0 Å². The molecule has 0 bridgehead atoms. The van der Waals surface area contributed by atoms with Crippen molar-refractivity contribution in [3.8, 4) is 5.75 Å². The summed E-state index contributed by atoms with van der Waals surface area (Å²) < 4.78 is 5.70. The summed E-state index contributed by atoms with van der Waals surface area (Å²) in [4.78, 5) is 18.4. The fourth-order valence-electron chi connectivity index (χ4n) is 3.83. The molecule has 1 amide bonds. The lowest BCUT2D eigenvalue weighted by molar-refractivity contribution is -0.128. The van der Waals surface area contributed by atoms with E-state index >= 15 is 0 Å². The van der Waals surface area contributed by atoms with Crippen molar-refractivity contribution in [3.63, 3.8) is 0 Å². The molecule has 2 aliphatic heterocycles. The van der Waals surface area contributed by atoms with Gasteiger partial charge in [0.05, 0.1) is 19.2 Å². The predicted molar refractivity (Wildman–Crippen MR) is 124 cm³/mol. The van der Waals surface area contributed by atoms with Gasteiger partial charge < -0.3 is 20.7 Å². The van der Waals surface area contributed by atoms with Gasteiger partial charge in [-0.05, 0) is 23.6 Å². The lowest BCUT2D eigenvalue weighted by Crippen LogP contribution is -2.37. The molecule has 2 aliphatic rings. The van der Waals surface area contributed by atoms with Crippen molar-refractivity contribution in [2.45, 2.75) is 38.4 Å². The zero-order valence-electron chi connectivity index (χ0n) is 16.3. The second kappa shape index (κ2) is 9.96. The highest BCUT2D eigenvalue weighted by molar-refractivity contribution is 14.0. The number of nitrogens with two attached hydrogens (primary N) is 1. The molecular formula is C22H27IN4O2. The van der Waals surface area contributed by atoms with Crippen LogP contribution in [0.1, 0.15) is 42.0 Å². The van der Waals surface area contributed by atoms with E-state index in [4.69, 9.17) is 10.5 Å². The quantitative estimate of drug-likeness (QED) is 0.371. The number of para-hydroxylation sites is 1. The van der Waals surface area contributed by atoms with Crippen LogP contribution in [0.3, 0.4) is 0 Å². The average Bonchev–Trinajstić information content (AvgIpc) is 3.12. The Labute approximate surface area is 188 Å². The monoisotopic (exact) mass is 506 g/mol. The number of carbonyl (C=O) groups is 1. The van der Waals surface area contributed by atoms with Crippen molar-refractivity contribution in [1.29, 1.82) is 0 Å². The molecular weight excluding hydrogens is 479 g/mol. The van der Waals surface area contributed by atoms with Crippen LogP contribution in [0.5, 0.6) is 5.75 Å². The molecule has 4 rings (SSSR count). The molecule has 1 unspecified atom stereocenters. The first-order valence-corrected chi connectivity index (χ1v) is 9.83. The van der Waals surface area contributed by atoms with Crippen molar-refractivity contribution in [2.24, 2.45) is 10.7 Å². The maximum absolute atomic E-state index is 11.9. The maximum atomic E-state index is 11.9. The Bertz CT molecular complexity index is 887. The van der Waals surface area contributed by atoms with E-state index in [2.05, 4.69) is 28.5 Å². The molecule has 2 aromatic rings. The van der Waals surface area contributed by atoms with E-state index in [9.17, 15) is 4.79 Å². The standard InChI is InChI=1S/C22H26N4O2.HI/c23-22(25-19-11-13-28-20-9-4-3-8-18(19)20)24-14-16-6-1-2-7-17(16)15-26-12-5-10-21(26)27;/h1-4,6-9,19H,5,10-15H2,(H3,23,24,25);1H. The van der Waals surface area contributed by atoms with Crippen molar-refractivity contribution in [3.05, 3.63) is 65.2 Å². The average molecular weight is 506 g/mol. The van der Waals surface area contributed by atoms with Crippen molar-refractivity contribution < 1.29 is 9.53 Å². The number of amides is 1. The third-order valence-corrected chi connectivity index (χ3v) is 5.35. The minimum Gasteiger partial charge on any atom is -0.493 e. The van der Waals surface area contributed by atoms with Gasteiger partial charge in [-0.3, -0.25) is 4.79 Å². The van der Waals surface area contributed by atoms with E-state index < -0.39 is 0 Å². The summed E-state index contributed by atoms with van der Waals surface area (Å²) in [5.41, 5.74) is 9.52. The van der Waals surface area contributed by atoms with Gasteiger partial charge in [-0.1, -0.05) is 42.5 Å². The minimum absolute atomic E-state index is 0. The molecule has 6 nitrogen and oxygen atoms in total. The molecule has 0 radical (unpaired) electrons. The summed E-state index contributed by atoms with van der Waals surface area (Å²) in [5, 5.41) is 3.33. The van der Waals surface area contributed by atoms with E-state index in [0.717, 1.165) is 41.8 Å². The van der Waals surface area contributed by atoms with E-state index in [-0.39, 0.29) is 35.9 Å². The molecule has 154 valence electrons. The number of carbonyl (C=O) groups excluding carboxylic acids is 1.